The summed E-state index contributed by atoms with van der Waals surface area (Å²) in [5.41, 5.74) is 3.66. The molecule has 0 bridgehead atoms. The van der Waals surface area contributed by atoms with Crippen molar-refractivity contribution in [2.45, 2.75) is 19.3 Å². The molecule has 2 heteroatoms. The Morgan fingerprint density at radius 2 is 1.11 bits per heavy atom. The van der Waals surface area contributed by atoms with Crippen molar-refractivity contribution >= 4 is 11.4 Å². The molecule has 0 saturated heterocycles. The Balaban J connectivity index is 2.01. The summed E-state index contributed by atoms with van der Waals surface area (Å²) in [6.45, 7) is 14.3. The van der Waals surface area contributed by atoms with Gasteiger partial charge >= 0.3 is 0 Å². The summed E-state index contributed by atoms with van der Waals surface area (Å²) in [5, 5.41) is 0. The lowest BCUT2D eigenvalue weighted by Gasteiger charge is -2.05. The van der Waals surface area contributed by atoms with E-state index in [1.165, 1.54) is 0 Å². The first kappa shape index (κ1) is 12.9. The monoisotopic (exact) mass is 246 g/mol. The van der Waals surface area contributed by atoms with Gasteiger partial charge in [0, 0.05) is 0 Å². The molecule has 0 aliphatic heterocycles. The molecule has 2 rings (SSSR count). The zero-order valence-electron chi connectivity index (χ0n) is 10.6. The van der Waals surface area contributed by atoms with Crippen LogP contribution in [-0.4, -0.2) is 0 Å². The van der Waals surface area contributed by atoms with Crippen LogP contribution in [0.1, 0.15) is 17.5 Å². The lowest BCUT2D eigenvalue weighted by atomic mass is 10.0. The summed E-state index contributed by atoms with van der Waals surface area (Å²) < 4.78 is 0. The van der Waals surface area contributed by atoms with E-state index >= 15 is 0 Å². The number of hydrogen-bond acceptors (Lipinski definition) is 0. The Labute approximate surface area is 114 Å². The molecule has 92 valence electrons. The summed E-state index contributed by atoms with van der Waals surface area (Å²) in [7, 11) is 0. The minimum atomic E-state index is 0.737. The van der Waals surface area contributed by atoms with E-state index in [2.05, 4.69) is 9.69 Å². The Bertz CT molecular complexity index is 587. The maximum Gasteiger partial charge on any atom is 0.190 e. The minimum Gasteiger partial charge on any atom is -0.238 e. The van der Waals surface area contributed by atoms with Crippen LogP contribution in [-0.2, 0) is 12.8 Å². The van der Waals surface area contributed by atoms with Crippen LogP contribution in [0.3, 0.4) is 0 Å². The van der Waals surface area contributed by atoms with Gasteiger partial charge in [-0.2, -0.15) is 0 Å². The molecular formula is C17H14N2. The van der Waals surface area contributed by atoms with Gasteiger partial charge in [0.2, 0.25) is 0 Å². The number of benzene rings is 2. The lowest BCUT2D eigenvalue weighted by Crippen LogP contribution is -1.90. The summed E-state index contributed by atoms with van der Waals surface area (Å²) in [4.78, 5) is 7.06. The van der Waals surface area contributed by atoms with Crippen molar-refractivity contribution in [3.63, 3.8) is 0 Å². The van der Waals surface area contributed by atoms with E-state index in [9.17, 15) is 0 Å². The molecule has 0 saturated carbocycles. The van der Waals surface area contributed by atoms with Gasteiger partial charge in [0.15, 0.2) is 11.4 Å². The number of hydrogen-bond donors (Lipinski definition) is 0. The van der Waals surface area contributed by atoms with Gasteiger partial charge in [0.05, 0.1) is 13.1 Å². The first-order valence-corrected chi connectivity index (χ1v) is 6.26. The van der Waals surface area contributed by atoms with Gasteiger partial charge in [-0.25, -0.2) is 9.69 Å². The maximum absolute atomic E-state index is 7.13. The molecule has 0 atom stereocenters. The molecule has 0 aromatic heterocycles. The molecule has 0 N–H and O–H groups in total. The second-order valence-electron chi connectivity index (χ2n) is 4.33. The van der Waals surface area contributed by atoms with Crippen molar-refractivity contribution in [1.29, 1.82) is 0 Å². The van der Waals surface area contributed by atoms with Gasteiger partial charge in [-0.15, -0.1) is 0 Å². The Hall–Kier alpha value is -2.58. The molecule has 0 unspecified atom stereocenters. The fourth-order valence-electron chi connectivity index (χ4n) is 2.13. The Kier molecular flexibility index (Phi) is 4.32. The van der Waals surface area contributed by atoms with Gasteiger partial charge in [-0.3, -0.25) is 0 Å². The molecule has 0 fully saturated rings. The molecule has 19 heavy (non-hydrogen) atoms. The van der Waals surface area contributed by atoms with E-state index in [1.807, 2.05) is 48.5 Å². The second kappa shape index (κ2) is 6.38. The van der Waals surface area contributed by atoms with E-state index in [-0.39, 0.29) is 0 Å². The number of aryl methyl sites for hydroxylation is 2. The van der Waals surface area contributed by atoms with E-state index < -0.39 is 0 Å². The standard InChI is InChI=1S/C17H14N2/c1-18-16-12-5-3-8-14(16)10-7-11-15-9-4-6-13-17(15)19-2/h3-6,8-9,12-13H,7,10-11H2. The molecule has 0 heterocycles. The molecule has 0 amide bonds. The predicted octanol–water partition coefficient (Wildman–Crippen LogP) is 4.96. The van der Waals surface area contributed by atoms with Crippen LogP contribution in [0.15, 0.2) is 48.5 Å². The molecule has 0 aliphatic carbocycles. The molecule has 2 nitrogen and oxygen atoms in total. The van der Waals surface area contributed by atoms with Crippen LogP contribution in [0.25, 0.3) is 9.69 Å². The van der Waals surface area contributed by atoms with Crippen molar-refractivity contribution in [3.05, 3.63) is 82.5 Å². The fourth-order valence-corrected chi connectivity index (χ4v) is 2.13. The maximum atomic E-state index is 7.13. The highest BCUT2D eigenvalue weighted by Crippen LogP contribution is 2.23. The summed E-state index contributed by atoms with van der Waals surface area (Å²) in [5.74, 6) is 0. The number of rotatable bonds is 4. The van der Waals surface area contributed by atoms with Crippen molar-refractivity contribution < 1.29 is 0 Å². The van der Waals surface area contributed by atoms with Gasteiger partial charge in [0.25, 0.3) is 0 Å². The molecule has 2 aromatic carbocycles. The predicted molar refractivity (Wildman–Crippen MR) is 77.4 cm³/mol. The minimum absolute atomic E-state index is 0.737. The average molecular weight is 246 g/mol. The van der Waals surface area contributed by atoms with Crippen LogP contribution in [0.4, 0.5) is 11.4 Å². The fraction of sp³-hybridized carbons (Fsp3) is 0.176. The first-order valence-electron chi connectivity index (χ1n) is 6.26. The van der Waals surface area contributed by atoms with Crippen LogP contribution >= 0.6 is 0 Å². The summed E-state index contributed by atoms with van der Waals surface area (Å²) >= 11 is 0. The van der Waals surface area contributed by atoms with Gasteiger partial charge in [0.1, 0.15) is 0 Å². The topological polar surface area (TPSA) is 8.72 Å². The van der Waals surface area contributed by atoms with Crippen molar-refractivity contribution in [1.82, 2.24) is 0 Å². The van der Waals surface area contributed by atoms with E-state index in [4.69, 9.17) is 13.1 Å². The molecule has 2 aromatic rings. The van der Waals surface area contributed by atoms with Gasteiger partial charge < -0.3 is 0 Å². The summed E-state index contributed by atoms with van der Waals surface area (Å²) in [6, 6.07) is 15.5. The largest absolute Gasteiger partial charge is 0.238 e. The molecular weight excluding hydrogens is 232 g/mol. The average Bonchev–Trinajstić information content (AvgIpc) is 2.48. The van der Waals surface area contributed by atoms with Crippen LogP contribution in [0.2, 0.25) is 0 Å². The molecule has 0 aliphatic rings. The smallest absolute Gasteiger partial charge is 0.190 e. The summed E-state index contributed by atoms with van der Waals surface area (Å²) in [6.07, 6.45) is 2.72. The number of nitrogens with zero attached hydrogens (tertiary/aromatic N) is 2. The Morgan fingerprint density at radius 3 is 1.53 bits per heavy atom. The molecule has 0 radical (unpaired) electrons. The van der Waals surface area contributed by atoms with Crippen molar-refractivity contribution in [2.75, 3.05) is 0 Å². The van der Waals surface area contributed by atoms with Crippen molar-refractivity contribution in [3.8, 4) is 0 Å². The molecule has 0 spiro atoms. The third kappa shape index (κ3) is 3.21. The highest BCUT2D eigenvalue weighted by molar-refractivity contribution is 5.53. The second-order valence-corrected chi connectivity index (χ2v) is 4.33. The zero-order chi connectivity index (χ0) is 13.5. The van der Waals surface area contributed by atoms with E-state index in [0.29, 0.717) is 0 Å². The zero-order valence-corrected chi connectivity index (χ0v) is 10.6. The highest BCUT2D eigenvalue weighted by Gasteiger charge is 2.03. The van der Waals surface area contributed by atoms with E-state index in [0.717, 1.165) is 41.8 Å². The third-order valence-corrected chi connectivity index (χ3v) is 3.12. The normalized spacial score (nSPS) is 9.58. The van der Waals surface area contributed by atoms with E-state index in [1.54, 1.807) is 0 Å². The van der Waals surface area contributed by atoms with Crippen LogP contribution < -0.4 is 0 Å². The third-order valence-electron chi connectivity index (χ3n) is 3.12. The van der Waals surface area contributed by atoms with Gasteiger partial charge in [-0.05, 0) is 30.4 Å². The SMILES string of the molecule is [C-]#[N+]c1ccccc1CCCc1ccccc1[N+]#[C-]. The van der Waals surface area contributed by atoms with Crippen LogP contribution in [0.5, 0.6) is 0 Å². The number of para-hydroxylation sites is 2. The first-order chi connectivity index (χ1) is 9.35. The lowest BCUT2D eigenvalue weighted by molar-refractivity contribution is 0.825. The Morgan fingerprint density at radius 1 is 0.684 bits per heavy atom. The van der Waals surface area contributed by atoms with Crippen molar-refractivity contribution in [2.24, 2.45) is 0 Å². The highest BCUT2D eigenvalue weighted by atomic mass is 14.6. The quantitative estimate of drug-likeness (QED) is 0.674. The van der Waals surface area contributed by atoms with Crippen LogP contribution in [0, 0.1) is 13.1 Å². The van der Waals surface area contributed by atoms with Gasteiger partial charge in [-0.1, -0.05) is 48.5 Å².